The van der Waals surface area contributed by atoms with E-state index >= 15 is 0 Å². The predicted molar refractivity (Wildman–Crippen MR) is 95.2 cm³/mol. The van der Waals surface area contributed by atoms with E-state index in [1.54, 1.807) is 0 Å². The van der Waals surface area contributed by atoms with Crippen LogP contribution < -0.4 is 0 Å². The van der Waals surface area contributed by atoms with E-state index in [4.69, 9.17) is 0 Å². The van der Waals surface area contributed by atoms with Crippen LogP contribution in [0.25, 0.3) is 0 Å². The minimum Gasteiger partial charge on any atom is -0.505 e. The molecule has 0 aromatic heterocycles. The summed E-state index contributed by atoms with van der Waals surface area (Å²) in [6, 6.07) is 2.62. The molecule has 0 aliphatic carbocycles. The maximum Gasteiger partial charge on any atom is 0.272 e. The maximum absolute atomic E-state index is 11.1. The molecule has 0 fully saturated rings. The minimum atomic E-state index is -1.64. The Labute approximate surface area is 133 Å². The summed E-state index contributed by atoms with van der Waals surface area (Å²) in [5.74, 6) is 5.71. The zero-order valence-corrected chi connectivity index (χ0v) is 15.9. The molecule has 1 aromatic carbocycles. The normalized spacial score (nSPS) is 11.0. The number of phenolic OH excluding ortho intramolecular Hbond substituents is 1. The van der Waals surface area contributed by atoms with E-state index < -0.39 is 21.1 Å². The van der Waals surface area contributed by atoms with Crippen LogP contribution >= 0.6 is 0 Å². The highest BCUT2D eigenvalue weighted by atomic mass is 28.3. The number of rotatable bonds is 1. The van der Waals surface area contributed by atoms with E-state index in [-0.39, 0.29) is 22.6 Å². The Kier molecular flexibility index (Phi) is 5.23. The highest BCUT2D eigenvalue weighted by molar-refractivity contribution is 6.84. The molecule has 1 rings (SSSR count). The van der Waals surface area contributed by atoms with Crippen LogP contribution in [0.2, 0.25) is 39.3 Å². The number of nitro groups is 1. The van der Waals surface area contributed by atoms with Gasteiger partial charge in [-0.25, -0.2) is 0 Å². The highest BCUT2D eigenvalue weighted by Crippen LogP contribution is 2.27. The van der Waals surface area contributed by atoms with Gasteiger partial charge in [0.1, 0.15) is 21.9 Å². The quantitative estimate of drug-likeness (QED) is 0.369. The molecule has 0 aliphatic rings. The first-order valence-corrected chi connectivity index (χ1v) is 14.0. The van der Waals surface area contributed by atoms with Gasteiger partial charge in [0.25, 0.3) is 5.69 Å². The van der Waals surface area contributed by atoms with Crippen molar-refractivity contribution in [3.63, 3.8) is 0 Å². The lowest BCUT2D eigenvalue weighted by molar-refractivity contribution is -0.384. The largest absolute Gasteiger partial charge is 0.505 e. The third-order valence-electron chi connectivity index (χ3n) is 2.45. The molecule has 116 valence electrons. The van der Waals surface area contributed by atoms with Crippen LogP contribution in [0.5, 0.6) is 5.75 Å². The second-order valence-corrected chi connectivity index (χ2v) is 16.6. The number of hydrogen-bond donors (Lipinski definition) is 1. The van der Waals surface area contributed by atoms with Gasteiger partial charge in [-0.1, -0.05) is 51.1 Å². The van der Waals surface area contributed by atoms with E-state index in [1.807, 2.05) is 0 Å². The molecule has 1 N–H and O–H groups in total. The summed E-state index contributed by atoms with van der Waals surface area (Å²) >= 11 is 0. The van der Waals surface area contributed by atoms with Gasteiger partial charge in [-0.3, -0.25) is 10.1 Å². The van der Waals surface area contributed by atoms with Gasteiger partial charge >= 0.3 is 0 Å². The van der Waals surface area contributed by atoms with Gasteiger partial charge in [-0.2, -0.15) is 0 Å². The number of phenols is 1. The number of benzene rings is 1. The van der Waals surface area contributed by atoms with Crippen molar-refractivity contribution < 1.29 is 10.0 Å². The summed E-state index contributed by atoms with van der Waals surface area (Å²) in [4.78, 5) is 10.6. The predicted octanol–water partition coefficient (Wildman–Crippen LogP) is 3.76. The van der Waals surface area contributed by atoms with Crippen molar-refractivity contribution in [2.24, 2.45) is 0 Å². The molecular weight excluding hydrogens is 310 g/mol. The average molecular weight is 332 g/mol. The lowest BCUT2D eigenvalue weighted by Gasteiger charge is -2.06. The van der Waals surface area contributed by atoms with Crippen LogP contribution in [0.3, 0.4) is 0 Å². The van der Waals surface area contributed by atoms with Gasteiger partial charge in [0.2, 0.25) is 0 Å². The smallest absolute Gasteiger partial charge is 0.272 e. The Balaban J connectivity index is 3.51. The van der Waals surface area contributed by atoms with Gasteiger partial charge in [0, 0.05) is 12.1 Å². The molecule has 0 atom stereocenters. The summed E-state index contributed by atoms with van der Waals surface area (Å²) in [5, 5.41) is 21.4. The number of nitrogens with zero attached hydrogens (tertiary/aromatic N) is 1. The zero-order chi connectivity index (χ0) is 17.1. The first kappa shape index (κ1) is 18.0. The number of aromatic hydroxyl groups is 1. The topological polar surface area (TPSA) is 63.4 Å². The van der Waals surface area contributed by atoms with E-state index in [2.05, 4.69) is 62.2 Å². The summed E-state index contributed by atoms with van der Waals surface area (Å²) in [6.07, 6.45) is 0. The first-order chi connectivity index (χ1) is 9.89. The molecule has 0 amide bonds. The van der Waals surface area contributed by atoms with Crippen molar-refractivity contribution in [3.05, 3.63) is 33.4 Å². The van der Waals surface area contributed by atoms with E-state index in [1.165, 1.54) is 12.1 Å². The van der Waals surface area contributed by atoms with Crippen molar-refractivity contribution >= 4 is 21.8 Å². The standard InChI is InChI=1S/C16H21NO3Si2/c1-21(2,3)9-7-13-11-15(17(19)20)12-14(16(13)18)8-10-22(4,5)6/h11-12,18H,1-6H3. The maximum atomic E-state index is 11.1. The molecule has 0 radical (unpaired) electrons. The fourth-order valence-corrected chi connectivity index (χ4v) is 2.44. The third-order valence-corrected chi connectivity index (χ3v) is 4.20. The minimum absolute atomic E-state index is 0.0675. The van der Waals surface area contributed by atoms with E-state index in [0.717, 1.165) is 0 Å². The SMILES string of the molecule is C[Si](C)(C)C#Cc1cc([N+](=O)[O-])cc(C#C[Si](C)(C)C)c1O. The Morgan fingerprint density at radius 3 is 1.59 bits per heavy atom. The Morgan fingerprint density at radius 2 is 1.32 bits per heavy atom. The van der Waals surface area contributed by atoms with Crippen LogP contribution in [-0.4, -0.2) is 26.2 Å². The Morgan fingerprint density at radius 1 is 0.955 bits per heavy atom. The van der Waals surface area contributed by atoms with Gasteiger partial charge in [0.05, 0.1) is 16.1 Å². The van der Waals surface area contributed by atoms with Gasteiger partial charge in [0.15, 0.2) is 0 Å². The third kappa shape index (κ3) is 5.76. The van der Waals surface area contributed by atoms with E-state index in [0.29, 0.717) is 0 Å². The van der Waals surface area contributed by atoms with Crippen molar-refractivity contribution in [2.45, 2.75) is 39.3 Å². The number of nitro benzene ring substituents is 1. The molecule has 0 saturated carbocycles. The molecule has 0 heterocycles. The molecular formula is C16H21NO3Si2. The highest BCUT2D eigenvalue weighted by Gasteiger charge is 2.16. The van der Waals surface area contributed by atoms with Crippen LogP contribution in [0.1, 0.15) is 11.1 Å². The molecule has 0 unspecified atom stereocenters. The van der Waals surface area contributed by atoms with Crippen LogP contribution in [0.4, 0.5) is 5.69 Å². The molecule has 0 saturated heterocycles. The summed E-state index contributed by atoms with van der Waals surface area (Å²) in [5.41, 5.74) is 6.67. The average Bonchev–Trinajstić information content (AvgIpc) is 2.33. The van der Waals surface area contributed by atoms with Gasteiger partial charge < -0.3 is 5.11 Å². The van der Waals surface area contributed by atoms with Crippen LogP contribution in [-0.2, 0) is 0 Å². The molecule has 0 aliphatic heterocycles. The van der Waals surface area contributed by atoms with Crippen LogP contribution in [0, 0.1) is 33.0 Å². The summed E-state index contributed by atoms with van der Waals surface area (Å²) in [7, 11) is -3.29. The molecule has 1 aromatic rings. The first-order valence-electron chi connectivity index (χ1n) is 6.97. The molecule has 0 bridgehead atoms. The van der Waals surface area contributed by atoms with Crippen molar-refractivity contribution in [2.75, 3.05) is 0 Å². The Hall–Kier alpha value is -2.03. The zero-order valence-electron chi connectivity index (χ0n) is 13.9. The van der Waals surface area contributed by atoms with Gasteiger partial charge in [-0.05, 0) is 0 Å². The van der Waals surface area contributed by atoms with Crippen LogP contribution in [0.15, 0.2) is 12.1 Å². The molecule has 6 heteroatoms. The molecule has 4 nitrogen and oxygen atoms in total. The summed E-state index contributed by atoms with van der Waals surface area (Å²) < 4.78 is 0. The van der Waals surface area contributed by atoms with Gasteiger partial charge in [-0.15, -0.1) is 11.1 Å². The molecule has 0 spiro atoms. The van der Waals surface area contributed by atoms with E-state index in [9.17, 15) is 15.2 Å². The fraction of sp³-hybridized carbons (Fsp3) is 0.375. The molecule has 22 heavy (non-hydrogen) atoms. The monoisotopic (exact) mass is 331 g/mol. The lowest BCUT2D eigenvalue weighted by atomic mass is 10.1. The lowest BCUT2D eigenvalue weighted by Crippen LogP contribution is -2.16. The second-order valence-electron chi connectivity index (χ2n) is 7.15. The Bertz CT molecular complexity index is 667. The van der Waals surface area contributed by atoms with Crippen molar-refractivity contribution in [1.29, 1.82) is 0 Å². The number of non-ortho nitro benzene ring substituents is 1. The second kappa shape index (κ2) is 6.39. The van der Waals surface area contributed by atoms with Crippen molar-refractivity contribution in [3.8, 4) is 28.7 Å². The van der Waals surface area contributed by atoms with Crippen molar-refractivity contribution in [1.82, 2.24) is 0 Å². The fourth-order valence-electron chi connectivity index (χ4n) is 1.42. The number of hydrogen-bond acceptors (Lipinski definition) is 3. The summed E-state index contributed by atoms with van der Waals surface area (Å²) in [6.45, 7) is 12.4.